The highest BCUT2D eigenvalue weighted by Crippen LogP contribution is 2.71. The Balaban J connectivity index is 0.000000139. The fraction of sp³-hybridized carbons (Fsp3) is 0.925. The molecule has 0 radical (unpaired) electrons. The van der Waals surface area contributed by atoms with Crippen molar-refractivity contribution >= 4 is 17.9 Å². The van der Waals surface area contributed by atoms with Crippen LogP contribution in [0.1, 0.15) is 236 Å². The number of hydrogen-bond acceptors (Lipinski definition) is 16. The number of carbonyl (C=O) groups excluding carboxylic acids is 3. The Morgan fingerprint density at radius 3 is 1.24 bits per heavy atom. The summed E-state index contributed by atoms with van der Waals surface area (Å²) in [5, 5.41) is 22.8. The quantitative estimate of drug-likeness (QED) is 0.0846. The van der Waals surface area contributed by atoms with Crippen molar-refractivity contribution in [2.45, 2.75) is 309 Å². The lowest BCUT2D eigenvalue weighted by Gasteiger charge is -2.63. The lowest BCUT2D eigenvalue weighted by atomic mass is 9.44. The van der Waals surface area contributed by atoms with Crippen molar-refractivity contribution in [3.63, 3.8) is 0 Å². The van der Waals surface area contributed by atoms with Gasteiger partial charge in [-0.15, -0.1) is 6.58 Å². The van der Waals surface area contributed by atoms with Crippen LogP contribution in [0.15, 0.2) is 25.3 Å². The number of aliphatic hydroxyl groups is 2. The number of nitrogens with one attached hydrogen (secondary N) is 1. The summed E-state index contributed by atoms with van der Waals surface area (Å²) in [7, 11) is 0. The SMILES string of the molecule is C=CCO[C@H]1C[C@@H]2CCC3C4C[C@H](N5CCCC5)[C@H](OC(C)=O)[C@@]4(C)CCC3[C@@]2(C)C[C@@H]1N1CCOCC1.C=CC[N+]1([C@H]2C[C@]3(C)C4CC[C@@]5(C)C(C[C@H](N6CCCC6)[C@@H]5OC(C)=O)C4CC[C@H]3C[C@@H]2O)CCOCC1.CC(=O)O[C@H]1[C@@H](N2CCCC2)CC2C3CC[C@H]4C[C@H](O)[C@@H]([NH+]5CCOCC5)C[C@]4(C)C3CC[C@@]21C.[Br-].[Br-]. The first-order valence-corrected chi connectivity index (χ1v) is 46.5. The molecular formula is C93H154Br2N6O12. The molecule has 12 aliphatic carbocycles. The molecule has 0 bridgehead atoms. The highest BCUT2D eigenvalue weighted by atomic mass is 79.9. The van der Waals surface area contributed by atoms with Gasteiger partial charge in [0.1, 0.15) is 68.8 Å². The second kappa shape index (κ2) is 35.7. The van der Waals surface area contributed by atoms with Crippen molar-refractivity contribution in [1.29, 1.82) is 0 Å². The first-order valence-electron chi connectivity index (χ1n) is 46.5. The van der Waals surface area contributed by atoms with Crippen LogP contribution in [0.4, 0.5) is 0 Å². The Morgan fingerprint density at radius 1 is 0.442 bits per heavy atom. The Hall–Kier alpha value is -1.63. The Kier molecular flexibility index (Phi) is 27.7. The number of ether oxygens (including phenoxy) is 7. The molecule has 18 fully saturated rings. The Labute approximate surface area is 703 Å². The summed E-state index contributed by atoms with van der Waals surface area (Å²) < 4.78 is 43.3. The van der Waals surface area contributed by atoms with Crippen LogP contribution in [-0.4, -0.2) is 256 Å². The number of rotatable bonds is 14. The zero-order chi connectivity index (χ0) is 77.6. The van der Waals surface area contributed by atoms with E-state index in [0.29, 0.717) is 95.2 Å². The second-order valence-corrected chi connectivity index (χ2v) is 42.4. The summed E-state index contributed by atoms with van der Waals surface area (Å²) in [6.45, 7) is 47.8. The number of quaternary nitrogens is 2. The highest BCUT2D eigenvalue weighted by Gasteiger charge is 2.70. The predicted molar refractivity (Wildman–Crippen MR) is 431 cm³/mol. The van der Waals surface area contributed by atoms with Crippen LogP contribution in [0.25, 0.3) is 0 Å². The van der Waals surface area contributed by atoms with Gasteiger partial charge in [-0.2, -0.15) is 0 Å². The molecule has 0 aromatic rings. The largest absolute Gasteiger partial charge is 1.00 e. The fourth-order valence-corrected chi connectivity index (χ4v) is 32.4. The van der Waals surface area contributed by atoms with Crippen molar-refractivity contribution in [3.05, 3.63) is 25.3 Å². The number of carbonyl (C=O) groups is 3. The molecule has 0 spiro atoms. The van der Waals surface area contributed by atoms with Gasteiger partial charge in [-0.3, -0.25) is 34.0 Å². The molecule has 18 aliphatic rings. The number of likely N-dealkylation sites (tertiary alicyclic amines) is 3. The molecule has 0 aromatic carbocycles. The minimum absolute atomic E-state index is 0. The van der Waals surface area contributed by atoms with Crippen LogP contribution in [0.3, 0.4) is 0 Å². The lowest BCUT2D eigenvalue weighted by Crippen LogP contribution is -3.19. The number of esters is 3. The minimum atomic E-state index is -0.226. The van der Waals surface area contributed by atoms with E-state index in [2.05, 4.69) is 80.4 Å². The van der Waals surface area contributed by atoms with E-state index in [-0.39, 0.29) is 110 Å². The van der Waals surface area contributed by atoms with E-state index in [1.165, 1.54) is 174 Å². The molecule has 0 aromatic heterocycles. The first kappa shape index (κ1) is 87.7. The van der Waals surface area contributed by atoms with Crippen molar-refractivity contribution < 1.29 is 101 Å². The van der Waals surface area contributed by atoms with Gasteiger partial charge < -0.3 is 86.7 Å². The molecule has 3 N–H and O–H groups in total. The van der Waals surface area contributed by atoms with E-state index in [1.807, 2.05) is 6.08 Å². The minimum Gasteiger partial charge on any atom is -1.00 e. The Morgan fingerprint density at radius 2 is 0.823 bits per heavy atom. The molecule has 30 atom stereocenters. The zero-order valence-electron chi connectivity index (χ0n) is 71.6. The third-order valence-electron chi connectivity index (χ3n) is 37.7. The maximum absolute atomic E-state index is 12.3. The third kappa shape index (κ3) is 16.1. The summed E-state index contributed by atoms with van der Waals surface area (Å²) >= 11 is 0. The van der Waals surface area contributed by atoms with Crippen molar-refractivity contribution in [1.82, 2.24) is 19.6 Å². The van der Waals surface area contributed by atoms with Crippen molar-refractivity contribution in [2.75, 3.05) is 131 Å². The molecule has 18 nitrogen and oxygen atoms in total. The summed E-state index contributed by atoms with van der Waals surface area (Å²) in [5.74, 6) is 8.02. The van der Waals surface area contributed by atoms with Gasteiger partial charge in [0.25, 0.3) is 0 Å². The first-order chi connectivity index (χ1) is 53.4. The number of fused-ring (bicyclic) bond motifs is 15. The maximum atomic E-state index is 12.3. The smallest absolute Gasteiger partial charge is 0.302 e. The molecule has 18 rings (SSSR count). The monoisotopic (exact) mass is 1700 g/mol. The number of nitrogens with zero attached hydrogens (tertiary/aromatic N) is 5. The average Bonchev–Trinajstić information content (AvgIpc) is 1.63. The normalized spacial score (nSPS) is 48.1. The topological polar surface area (TPSA) is 174 Å². The molecule has 20 heteroatoms. The van der Waals surface area contributed by atoms with Crippen LogP contribution < -0.4 is 38.9 Å². The van der Waals surface area contributed by atoms with Gasteiger partial charge in [0.05, 0.1) is 58.9 Å². The van der Waals surface area contributed by atoms with E-state index in [1.54, 1.807) is 25.7 Å². The summed E-state index contributed by atoms with van der Waals surface area (Å²) in [4.78, 5) is 49.1. The summed E-state index contributed by atoms with van der Waals surface area (Å²) in [6.07, 6.45) is 37.1. The molecule has 9 unspecified atom stereocenters. The zero-order valence-corrected chi connectivity index (χ0v) is 74.8. The average molecular weight is 1710 g/mol. The maximum Gasteiger partial charge on any atom is 0.302 e. The van der Waals surface area contributed by atoms with Gasteiger partial charge in [-0.05, 0) is 293 Å². The summed E-state index contributed by atoms with van der Waals surface area (Å²) in [5.41, 5.74) is 1.23. The van der Waals surface area contributed by atoms with E-state index in [4.69, 9.17) is 33.2 Å². The predicted octanol–water partition coefficient (Wildman–Crippen LogP) is 5.62. The number of aliphatic hydroxyl groups excluding tert-OH is 2. The van der Waals surface area contributed by atoms with Crippen molar-refractivity contribution in [3.8, 4) is 0 Å². The third-order valence-corrected chi connectivity index (χ3v) is 37.7. The van der Waals surface area contributed by atoms with Gasteiger partial charge in [0, 0.05) is 87.1 Å². The van der Waals surface area contributed by atoms with Crippen LogP contribution in [0, 0.1) is 104 Å². The fourth-order valence-electron chi connectivity index (χ4n) is 32.4. The van der Waals surface area contributed by atoms with Gasteiger partial charge in [-0.1, -0.05) is 54.2 Å². The highest BCUT2D eigenvalue weighted by molar-refractivity contribution is 5.67. The molecule has 6 heterocycles. The van der Waals surface area contributed by atoms with E-state index >= 15 is 0 Å². The molecule has 12 saturated carbocycles. The van der Waals surface area contributed by atoms with Crippen LogP contribution >= 0.6 is 0 Å². The van der Waals surface area contributed by atoms with Crippen LogP contribution in [-0.2, 0) is 47.5 Å². The molecule has 113 heavy (non-hydrogen) atoms. The number of hydrogen-bond donors (Lipinski definition) is 3. The van der Waals surface area contributed by atoms with E-state index in [9.17, 15) is 24.6 Å². The van der Waals surface area contributed by atoms with Gasteiger partial charge >= 0.3 is 17.9 Å². The Bertz CT molecular complexity index is 3230. The van der Waals surface area contributed by atoms with E-state index < -0.39 is 0 Å². The molecular weight excluding hydrogens is 1550 g/mol. The molecule has 0 amide bonds. The van der Waals surface area contributed by atoms with Crippen LogP contribution in [0.2, 0.25) is 0 Å². The van der Waals surface area contributed by atoms with E-state index in [0.717, 1.165) is 158 Å². The second-order valence-electron chi connectivity index (χ2n) is 42.4. The standard InChI is InChI=1S/C32H52N2O4.C32H53N2O4.C29H48N2O4.2BrH/c1-5-16-37-29-19-23-8-9-24-25(32(23,4)21-28(29)34-14-17-36-18-15-34)10-11-31(3)26(24)20-27(30(31)38-22(2)35)33-12-6-7-13-33;1-5-14-34(15-17-37-18-16-34)28-21-32(4)23(19-29(28)36)8-9-24-25(32)10-11-31(3)26(24)20-27(30(31)38-22(2)35)33-12-6-7-13-33;1-19(32)35-27-24(30-10-4-5-11-30)17-23-21-7-6-20-16-26(33)25(31-12-14-34-15-13-31)18-29(20,3)22(21)8-9-28(23,27)2;;/h5,23-30H,1,6-21H2,2-4H3;5,23-30,36H,1,6-21H2,2-4H3;20-27,33H,4-18H2,1-3H3;2*1H/q;+1;;;/p-1/t2*23-,24?,25?,26?,27-,28-,29-,30-,31-,32-;20-,21?,22?,23?,24-,25-,26-,27-,28-,29-;;/m000../s1. The molecule has 642 valence electrons. The summed E-state index contributed by atoms with van der Waals surface area (Å²) in [6, 6.07) is 2.31. The van der Waals surface area contributed by atoms with Gasteiger partial charge in [0.15, 0.2) is 0 Å². The van der Waals surface area contributed by atoms with Crippen LogP contribution in [0.5, 0.6) is 0 Å². The molecule has 6 aliphatic heterocycles. The number of morpholine rings is 3. The number of halogens is 2. The van der Waals surface area contributed by atoms with Gasteiger partial charge in [0.2, 0.25) is 0 Å². The van der Waals surface area contributed by atoms with Gasteiger partial charge in [-0.25, -0.2) is 0 Å². The van der Waals surface area contributed by atoms with Crippen molar-refractivity contribution in [2.24, 2.45) is 104 Å². The lowest BCUT2D eigenvalue weighted by molar-refractivity contribution is -0.958. The molecule has 6 saturated heterocycles.